The Morgan fingerprint density at radius 3 is 2.31 bits per heavy atom. The van der Waals surface area contributed by atoms with Gasteiger partial charge in [-0.15, -0.1) is 0 Å². The zero-order valence-electron chi connectivity index (χ0n) is 9.65. The van der Waals surface area contributed by atoms with Crippen LogP contribution in [0.2, 0.25) is 0 Å². The Morgan fingerprint density at radius 2 is 1.88 bits per heavy atom. The highest BCUT2D eigenvalue weighted by Gasteiger charge is 2.16. The molecule has 0 unspecified atom stereocenters. The van der Waals surface area contributed by atoms with Crippen molar-refractivity contribution in [2.24, 2.45) is 7.05 Å². The molecule has 4 heteroatoms. The summed E-state index contributed by atoms with van der Waals surface area (Å²) in [5, 5.41) is 0.823. The average Bonchev–Trinajstić information content (AvgIpc) is 2.54. The van der Waals surface area contributed by atoms with Crippen LogP contribution in [0, 0.1) is 6.92 Å². The minimum absolute atomic E-state index is 0.823. The molecule has 1 aromatic heterocycles. The van der Waals surface area contributed by atoms with E-state index in [1.807, 2.05) is 35.9 Å². The van der Waals surface area contributed by atoms with Crippen LogP contribution in [0.3, 0.4) is 0 Å². The summed E-state index contributed by atoms with van der Waals surface area (Å²) >= 11 is 1.61. The van der Waals surface area contributed by atoms with Gasteiger partial charge in [-0.25, -0.2) is 4.57 Å². The summed E-state index contributed by atoms with van der Waals surface area (Å²) in [6.45, 7) is 2.08. The zero-order chi connectivity index (χ0) is 11.7. The van der Waals surface area contributed by atoms with Gasteiger partial charge in [0.15, 0.2) is 0 Å². The van der Waals surface area contributed by atoms with E-state index >= 15 is 0 Å². The Hall–Kier alpha value is -1.55. The van der Waals surface area contributed by atoms with Gasteiger partial charge in [-0.2, -0.15) is 0 Å². The van der Waals surface area contributed by atoms with Crippen LogP contribution in [0.5, 0.6) is 5.75 Å². The van der Waals surface area contributed by atoms with Crippen LogP contribution in [0.25, 0.3) is 11.3 Å². The number of nitrogen functional groups attached to an aromatic ring is 1. The number of ether oxygens (including phenoxy) is 1. The summed E-state index contributed by atoms with van der Waals surface area (Å²) in [5.74, 6) is 0.868. The molecule has 0 aliphatic carbocycles. The molecule has 84 valence electrons. The van der Waals surface area contributed by atoms with Crippen molar-refractivity contribution in [1.29, 1.82) is 0 Å². The summed E-state index contributed by atoms with van der Waals surface area (Å²) in [7, 11) is 3.65. The topological polar surface area (TPSA) is 39.1 Å². The van der Waals surface area contributed by atoms with Gasteiger partial charge in [-0.05, 0) is 31.2 Å². The van der Waals surface area contributed by atoms with Gasteiger partial charge in [-0.1, -0.05) is 11.3 Å². The standard InChI is InChI=1S/C12H14N2OS/c1-8-11(14(2)12(13)16-8)9-4-6-10(15-3)7-5-9/h4-7,13H,1-3H3/p+1. The Bertz CT molecular complexity index is 502. The highest BCUT2D eigenvalue weighted by atomic mass is 32.1. The Balaban J connectivity index is 2.50. The molecule has 16 heavy (non-hydrogen) atoms. The molecule has 0 bridgehead atoms. The molecule has 3 nitrogen and oxygen atoms in total. The molecule has 0 aliphatic heterocycles. The molecule has 2 aromatic rings. The van der Waals surface area contributed by atoms with Crippen molar-refractivity contribution in [3.63, 3.8) is 0 Å². The quantitative estimate of drug-likeness (QED) is 0.810. The molecule has 1 heterocycles. The van der Waals surface area contributed by atoms with E-state index in [1.165, 1.54) is 10.6 Å². The number of hydrogen-bond donors (Lipinski definition) is 1. The summed E-state index contributed by atoms with van der Waals surface area (Å²) in [6.07, 6.45) is 0. The molecule has 0 spiro atoms. The Labute approximate surface area is 99.1 Å². The molecular weight excluding hydrogens is 220 g/mol. The van der Waals surface area contributed by atoms with Crippen LogP contribution in [0.1, 0.15) is 4.88 Å². The molecule has 1 aromatic carbocycles. The number of nitrogens with two attached hydrogens (primary N) is 1. The van der Waals surface area contributed by atoms with Gasteiger partial charge >= 0.3 is 5.13 Å². The van der Waals surface area contributed by atoms with Gasteiger partial charge in [0.05, 0.1) is 19.0 Å². The van der Waals surface area contributed by atoms with Crippen LogP contribution >= 0.6 is 11.3 Å². The smallest absolute Gasteiger partial charge is 0.332 e. The lowest BCUT2D eigenvalue weighted by molar-refractivity contribution is -0.641. The fraction of sp³-hybridized carbons (Fsp3) is 0.250. The van der Waals surface area contributed by atoms with Crippen LogP contribution in [-0.2, 0) is 7.05 Å². The van der Waals surface area contributed by atoms with E-state index in [0.29, 0.717) is 0 Å². The SMILES string of the molecule is COc1ccc(-c2c(C)sc(N)[n+]2C)cc1. The molecule has 0 fully saturated rings. The van der Waals surface area contributed by atoms with Crippen LogP contribution in [0.4, 0.5) is 5.13 Å². The van der Waals surface area contributed by atoms with Crippen molar-refractivity contribution < 1.29 is 9.30 Å². The third kappa shape index (κ3) is 1.76. The summed E-state index contributed by atoms with van der Waals surface area (Å²) < 4.78 is 7.16. The fourth-order valence-corrected chi connectivity index (χ4v) is 2.66. The lowest BCUT2D eigenvalue weighted by Crippen LogP contribution is -2.31. The number of benzene rings is 1. The normalized spacial score (nSPS) is 10.4. The first kappa shape index (κ1) is 11.0. The summed E-state index contributed by atoms with van der Waals surface area (Å²) in [6, 6.07) is 8.02. The fourth-order valence-electron chi connectivity index (χ4n) is 1.77. The first-order valence-corrected chi connectivity index (χ1v) is 5.84. The highest BCUT2D eigenvalue weighted by molar-refractivity contribution is 7.15. The second kappa shape index (κ2) is 4.14. The monoisotopic (exact) mass is 235 g/mol. The van der Waals surface area contributed by atoms with E-state index in [1.54, 1.807) is 18.4 Å². The van der Waals surface area contributed by atoms with E-state index in [0.717, 1.165) is 16.4 Å². The molecule has 0 atom stereocenters. The number of methoxy groups -OCH3 is 1. The maximum absolute atomic E-state index is 5.89. The molecule has 0 radical (unpaired) electrons. The van der Waals surface area contributed by atoms with Crippen LogP contribution in [-0.4, -0.2) is 7.11 Å². The molecule has 2 rings (SSSR count). The highest BCUT2D eigenvalue weighted by Crippen LogP contribution is 2.27. The summed E-state index contributed by atoms with van der Waals surface area (Å²) in [4.78, 5) is 1.23. The number of nitrogens with zero attached hydrogens (tertiary/aromatic N) is 1. The average molecular weight is 235 g/mol. The Morgan fingerprint density at radius 1 is 1.25 bits per heavy atom. The van der Waals surface area contributed by atoms with E-state index in [9.17, 15) is 0 Å². The lowest BCUT2D eigenvalue weighted by atomic mass is 10.1. The number of aryl methyl sites for hydroxylation is 1. The van der Waals surface area contributed by atoms with Crippen molar-refractivity contribution in [2.45, 2.75) is 6.92 Å². The molecular formula is C12H15N2OS+. The van der Waals surface area contributed by atoms with Crippen molar-refractivity contribution in [3.05, 3.63) is 29.1 Å². The lowest BCUT2D eigenvalue weighted by Gasteiger charge is -2.02. The number of aromatic nitrogens is 1. The minimum Gasteiger partial charge on any atom is -0.497 e. The molecule has 0 saturated carbocycles. The maximum atomic E-state index is 5.89. The second-order valence-corrected chi connectivity index (χ2v) is 4.87. The number of thiazole rings is 1. The largest absolute Gasteiger partial charge is 0.497 e. The molecule has 0 saturated heterocycles. The number of hydrogen-bond acceptors (Lipinski definition) is 3. The van der Waals surface area contributed by atoms with E-state index in [2.05, 4.69) is 6.92 Å². The molecule has 0 aliphatic rings. The first-order valence-electron chi connectivity index (χ1n) is 5.03. The van der Waals surface area contributed by atoms with E-state index in [4.69, 9.17) is 10.5 Å². The zero-order valence-corrected chi connectivity index (χ0v) is 10.5. The van der Waals surface area contributed by atoms with E-state index < -0.39 is 0 Å². The predicted molar refractivity (Wildman–Crippen MR) is 66.6 cm³/mol. The van der Waals surface area contributed by atoms with E-state index in [-0.39, 0.29) is 0 Å². The van der Waals surface area contributed by atoms with Crippen molar-refractivity contribution in [1.82, 2.24) is 0 Å². The van der Waals surface area contributed by atoms with Gasteiger partial charge in [0.25, 0.3) is 0 Å². The first-order chi connectivity index (χ1) is 7.63. The third-order valence-electron chi connectivity index (χ3n) is 2.62. The van der Waals surface area contributed by atoms with Crippen LogP contribution in [0.15, 0.2) is 24.3 Å². The predicted octanol–water partition coefficient (Wildman–Crippen LogP) is 2.14. The van der Waals surface area contributed by atoms with Crippen molar-refractivity contribution >= 4 is 16.5 Å². The van der Waals surface area contributed by atoms with Crippen LogP contribution < -0.4 is 15.0 Å². The second-order valence-electron chi connectivity index (χ2n) is 3.63. The maximum Gasteiger partial charge on any atom is 0.332 e. The van der Waals surface area contributed by atoms with Gasteiger partial charge in [0.2, 0.25) is 0 Å². The van der Waals surface area contributed by atoms with Crippen molar-refractivity contribution in [3.8, 4) is 17.0 Å². The summed E-state index contributed by atoms with van der Waals surface area (Å²) in [5.41, 5.74) is 8.22. The third-order valence-corrected chi connectivity index (χ3v) is 3.60. The number of rotatable bonds is 2. The molecule has 0 amide bonds. The minimum atomic E-state index is 0.823. The van der Waals surface area contributed by atoms with Gasteiger partial charge in [0, 0.05) is 5.56 Å². The number of anilines is 1. The van der Waals surface area contributed by atoms with Gasteiger partial charge in [-0.3, -0.25) is 5.73 Å². The Kier molecular flexibility index (Phi) is 2.83. The van der Waals surface area contributed by atoms with Gasteiger partial charge in [0.1, 0.15) is 11.4 Å². The van der Waals surface area contributed by atoms with Gasteiger partial charge < -0.3 is 4.74 Å². The molecule has 2 N–H and O–H groups in total. The van der Waals surface area contributed by atoms with Crippen molar-refractivity contribution in [2.75, 3.05) is 12.8 Å².